The first kappa shape index (κ1) is 14.7. The highest BCUT2D eigenvalue weighted by atomic mass is 17.2. The van der Waals surface area contributed by atoms with Gasteiger partial charge in [0, 0.05) is 6.42 Å². The summed E-state index contributed by atoms with van der Waals surface area (Å²) in [4.78, 5) is 22.5. The largest absolute Gasteiger partial charge is 0.290 e. The van der Waals surface area contributed by atoms with Gasteiger partial charge in [-0.1, -0.05) is 30.3 Å². The summed E-state index contributed by atoms with van der Waals surface area (Å²) in [5.74, 6) is -0.0342. The van der Waals surface area contributed by atoms with Crippen LogP contribution in [-0.2, 0) is 21.0 Å². The fourth-order valence-electron chi connectivity index (χ4n) is 1.88. The number of rotatable bonds is 4. The third-order valence-electron chi connectivity index (χ3n) is 2.83. The molecule has 0 aromatic heterocycles. The molecule has 3 heteroatoms. The molecule has 0 fully saturated rings. The topological polar surface area (TPSA) is 35.5 Å². The van der Waals surface area contributed by atoms with Gasteiger partial charge in [0.15, 0.2) is 5.78 Å². The summed E-state index contributed by atoms with van der Waals surface area (Å²) in [6.45, 7) is 5.76. The summed E-state index contributed by atoms with van der Waals surface area (Å²) in [6.07, 6.45) is 7.18. The van der Waals surface area contributed by atoms with Crippen molar-refractivity contribution in [3.63, 3.8) is 0 Å². The molecule has 0 unspecified atom stereocenters. The molecule has 1 aromatic carbocycles. The van der Waals surface area contributed by atoms with Crippen molar-refractivity contribution in [3.05, 3.63) is 60.2 Å². The third kappa shape index (κ3) is 4.15. The van der Waals surface area contributed by atoms with E-state index in [9.17, 15) is 4.79 Å². The Kier molecular flexibility index (Phi) is 4.21. The summed E-state index contributed by atoms with van der Waals surface area (Å²) in [6, 6.07) is 9.99. The zero-order chi connectivity index (χ0) is 14.6. The van der Waals surface area contributed by atoms with Crippen LogP contribution >= 0.6 is 0 Å². The molecule has 0 N–H and O–H groups in total. The van der Waals surface area contributed by atoms with Gasteiger partial charge in [0.2, 0.25) is 0 Å². The number of allylic oxidation sites excluding steroid dienone is 2. The summed E-state index contributed by atoms with van der Waals surface area (Å²) in [5, 5.41) is 0. The summed E-state index contributed by atoms with van der Waals surface area (Å²) >= 11 is 0. The summed E-state index contributed by atoms with van der Waals surface area (Å²) in [7, 11) is 0. The van der Waals surface area contributed by atoms with Crippen molar-refractivity contribution in [2.75, 3.05) is 0 Å². The molecular formula is C17H20O3. The number of benzene rings is 1. The minimum Gasteiger partial charge on any atom is -0.290 e. The maximum absolute atomic E-state index is 11.3. The van der Waals surface area contributed by atoms with Crippen LogP contribution in [-0.4, -0.2) is 17.0 Å². The molecular weight excluding hydrogens is 252 g/mol. The van der Waals surface area contributed by atoms with Gasteiger partial charge in [0.1, 0.15) is 5.60 Å². The second-order valence-corrected chi connectivity index (χ2v) is 5.97. The molecule has 0 bridgehead atoms. The summed E-state index contributed by atoms with van der Waals surface area (Å²) < 4.78 is 0. The van der Waals surface area contributed by atoms with Gasteiger partial charge in [0.25, 0.3) is 0 Å². The van der Waals surface area contributed by atoms with E-state index in [0.29, 0.717) is 6.42 Å². The van der Waals surface area contributed by atoms with E-state index in [1.807, 2.05) is 51.1 Å². The van der Waals surface area contributed by atoms with E-state index < -0.39 is 11.2 Å². The van der Waals surface area contributed by atoms with Crippen LogP contribution in [0.2, 0.25) is 0 Å². The highest BCUT2D eigenvalue weighted by Gasteiger charge is 2.31. The van der Waals surface area contributed by atoms with Gasteiger partial charge < -0.3 is 0 Å². The lowest BCUT2D eigenvalue weighted by atomic mass is 9.90. The molecule has 1 aromatic rings. The van der Waals surface area contributed by atoms with Crippen LogP contribution in [0.15, 0.2) is 54.6 Å². The lowest BCUT2D eigenvalue weighted by Gasteiger charge is -2.31. The van der Waals surface area contributed by atoms with Crippen LogP contribution in [0.25, 0.3) is 0 Å². The van der Waals surface area contributed by atoms with Crippen LogP contribution in [0.5, 0.6) is 0 Å². The first-order valence-electron chi connectivity index (χ1n) is 6.72. The Balaban J connectivity index is 2.19. The van der Waals surface area contributed by atoms with Gasteiger partial charge in [-0.2, -0.15) is 0 Å². The minimum absolute atomic E-state index is 0.0342. The first-order chi connectivity index (χ1) is 9.39. The van der Waals surface area contributed by atoms with Crippen LogP contribution < -0.4 is 0 Å². The van der Waals surface area contributed by atoms with Crippen LogP contribution in [0.4, 0.5) is 0 Å². The molecule has 0 saturated heterocycles. The fraction of sp³-hybridized carbons (Fsp3) is 0.353. The van der Waals surface area contributed by atoms with Crippen molar-refractivity contribution >= 4 is 5.78 Å². The quantitative estimate of drug-likeness (QED) is 0.622. The molecule has 0 radical (unpaired) electrons. The number of carbonyl (C=O) groups excluding carboxylic acids is 1. The van der Waals surface area contributed by atoms with E-state index in [0.717, 1.165) is 5.56 Å². The molecule has 1 aliphatic rings. The van der Waals surface area contributed by atoms with Crippen molar-refractivity contribution < 1.29 is 14.6 Å². The molecule has 3 nitrogen and oxygen atoms in total. The van der Waals surface area contributed by atoms with E-state index in [-0.39, 0.29) is 5.78 Å². The fourth-order valence-corrected chi connectivity index (χ4v) is 1.88. The van der Waals surface area contributed by atoms with Crippen molar-refractivity contribution in [2.45, 2.75) is 38.4 Å². The highest BCUT2D eigenvalue weighted by Crippen LogP contribution is 2.27. The number of hydrogen-bond donors (Lipinski definition) is 0. The standard InChI is InChI=1S/C17H20O3/c1-16(2,3)19-20-17(11-9-15(18)10-12-17)13-14-7-5-4-6-8-14/h4-12H,13H2,1-3H3. The Morgan fingerprint density at radius 1 is 1.05 bits per heavy atom. The van der Waals surface area contributed by atoms with Gasteiger partial charge in [-0.15, -0.1) is 0 Å². The van der Waals surface area contributed by atoms with E-state index in [4.69, 9.17) is 9.78 Å². The van der Waals surface area contributed by atoms with Crippen LogP contribution in [0.1, 0.15) is 26.3 Å². The number of hydrogen-bond acceptors (Lipinski definition) is 3. The molecule has 20 heavy (non-hydrogen) atoms. The lowest BCUT2D eigenvalue weighted by molar-refractivity contribution is -0.383. The zero-order valence-corrected chi connectivity index (χ0v) is 12.1. The second kappa shape index (κ2) is 5.73. The van der Waals surface area contributed by atoms with Crippen LogP contribution in [0, 0.1) is 0 Å². The van der Waals surface area contributed by atoms with Gasteiger partial charge in [-0.3, -0.25) is 4.79 Å². The predicted octanol–water partition coefficient (Wildman–Crippen LogP) is 3.41. The smallest absolute Gasteiger partial charge is 0.178 e. The van der Waals surface area contributed by atoms with E-state index in [1.54, 1.807) is 12.2 Å². The maximum Gasteiger partial charge on any atom is 0.178 e. The van der Waals surface area contributed by atoms with Gasteiger partial charge >= 0.3 is 0 Å². The average molecular weight is 272 g/mol. The van der Waals surface area contributed by atoms with Crippen molar-refractivity contribution in [1.29, 1.82) is 0 Å². The van der Waals surface area contributed by atoms with Crippen molar-refractivity contribution in [3.8, 4) is 0 Å². The monoisotopic (exact) mass is 272 g/mol. The van der Waals surface area contributed by atoms with Crippen molar-refractivity contribution in [2.24, 2.45) is 0 Å². The van der Waals surface area contributed by atoms with Crippen molar-refractivity contribution in [1.82, 2.24) is 0 Å². The predicted molar refractivity (Wildman–Crippen MR) is 78.1 cm³/mol. The van der Waals surface area contributed by atoms with Gasteiger partial charge in [-0.05, 0) is 50.6 Å². The second-order valence-electron chi connectivity index (χ2n) is 5.97. The first-order valence-corrected chi connectivity index (χ1v) is 6.72. The molecule has 0 saturated carbocycles. The molecule has 0 heterocycles. The average Bonchev–Trinajstić information content (AvgIpc) is 2.40. The summed E-state index contributed by atoms with van der Waals surface area (Å²) in [5.41, 5.74) is -0.0244. The van der Waals surface area contributed by atoms with E-state index >= 15 is 0 Å². The minimum atomic E-state index is -0.734. The highest BCUT2D eigenvalue weighted by molar-refractivity contribution is 6.00. The van der Waals surface area contributed by atoms with Gasteiger partial charge in [0.05, 0.1) is 5.60 Å². The molecule has 0 amide bonds. The number of ketones is 1. The maximum atomic E-state index is 11.3. The Morgan fingerprint density at radius 3 is 2.20 bits per heavy atom. The Labute approximate surface area is 119 Å². The van der Waals surface area contributed by atoms with Gasteiger partial charge in [-0.25, -0.2) is 9.78 Å². The number of carbonyl (C=O) groups is 1. The molecule has 0 aliphatic heterocycles. The Hall–Kier alpha value is -1.71. The normalized spacial score (nSPS) is 17.4. The van der Waals surface area contributed by atoms with E-state index in [1.165, 1.54) is 12.2 Å². The SMILES string of the molecule is CC(C)(C)OOC1(Cc2ccccc2)C=CC(=O)C=C1. The van der Waals surface area contributed by atoms with Crippen LogP contribution in [0.3, 0.4) is 0 Å². The van der Waals surface area contributed by atoms with E-state index in [2.05, 4.69) is 0 Å². The molecule has 0 spiro atoms. The molecule has 0 atom stereocenters. The Bertz CT molecular complexity index is 505. The zero-order valence-electron chi connectivity index (χ0n) is 12.1. The molecule has 106 valence electrons. The molecule has 1 aliphatic carbocycles. The molecule has 2 rings (SSSR count). The third-order valence-corrected chi connectivity index (χ3v) is 2.83. The lowest BCUT2D eigenvalue weighted by Crippen LogP contribution is -2.36. The Morgan fingerprint density at radius 2 is 1.65 bits per heavy atom.